The quantitative estimate of drug-likeness (QED) is 0.534. The maximum atomic E-state index is 12.7. The Balaban J connectivity index is 1.91. The number of rotatable bonds is 5. The highest BCUT2D eigenvalue weighted by atomic mass is 16.3. The molecule has 0 spiro atoms. The highest BCUT2D eigenvalue weighted by molar-refractivity contribution is 6.10. The summed E-state index contributed by atoms with van der Waals surface area (Å²) in [5.41, 5.74) is 5.85. The number of piperidine rings is 1. The van der Waals surface area contributed by atoms with Crippen LogP contribution < -0.4 is 0 Å². The molecule has 0 unspecified atom stereocenters. The second kappa shape index (κ2) is 8.27. The molecule has 1 N–H and O–H groups in total. The summed E-state index contributed by atoms with van der Waals surface area (Å²) in [6.07, 6.45) is 3.66. The van der Waals surface area contributed by atoms with Crippen LogP contribution in [0.2, 0.25) is 0 Å². The Hall–Kier alpha value is -2.59. The fraction of sp³-hybridized carbons (Fsp3) is 0.423. The van der Waals surface area contributed by atoms with Crippen molar-refractivity contribution >= 4 is 16.7 Å². The highest BCUT2D eigenvalue weighted by Crippen LogP contribution is 2.37. The van der Waals surface area contributed by atoms with Gasteiger partial charge in [0, 0.05) is 34.4 Å². The van der Waals surface area contributed by atoms with Crippen LogP contribution in [0.25, 0.3) is 16.6 Å². The number of benzene rings is 2. The van der Waals surface area contributed by atoms with Crippen LogP contribution in [-0.4, -0.2) is 33.4 Å². The van der Waals surface area contributed by atoms with Gasteiger partial charge < -0.3 is 9.67 Å². The summed E-state index contributed by atoms with van der Waals surface area (Å²) in [7, 11) is 0. The fourth-order valence-electron chi connectivity index (χ4n) is 4.84. The molecule has 1 aliphatic rings. The molecule has 0 radical (unpaired) electrons. The van der Waals surface area contributed by atoms with Crippen LogP contribution in [0.5, 0.6) is 5.75 Å². The number of carbonyl (C=O) groups is 1. The monoisotopic (exact) mass is 404 g/mol. The molecule has 3 aromatic rings. The molecular weight excluding hydrogens is 372 g/mol. The third-order valence-electron chi connectivity index (χ3n) is 6.45. The van der Waals surface area contributed by atoms with Crippen molar-refractivity contribution in [1.29, 1.82) is 0 Å². The van der Waals surface area contributed by atoms with Crippen LogP contribution >= 0.6 is 0 Å². The first-order valence-corrected chi connectivity index (χ1v) is 11.1. The summed E-state index contributed by atoms with van der Waals surface area (Å²) in [4.78, 5) is 15.1. The fourth-order valence-corrected chi connectivity index (χ4v) is 4.84. The molecule has 0 aliphatic carbocycles. The molecule has 0 atom stereocenters. The molecule has 1 aliphatic heterocycles. The van der Waals surface area contributed by atoms with Crippen molar-refractivity contribution in [2.75, 3.05) is 13.1 Å². The van der Waals surface area contributed by atoms with Crippen molar-refractivity contribution in [1.82, 2.24) is 9.47 Å². The summed E-state index contributed by atoms with van der Waals surface area (Å²) < 4.78 is 2.16. The number of Topliss-reactive ketones (excluding diaryl/α,β-unsaturated/α-hetero) is 1. The van der Waals surface area contributed by atoms with E-state index in [1.165, 1.54) is 24.8 Å². The Labute approximate surface area is 179 Å². The van der Waals surface area contributed by atoms with Crippen LogP contribution in [0.4, 0.5) is 0 Å². The van der Waals surface area contributed by atoms with Crippen molar-refractivity contribution in [2.24, 2.45) is 0 Å². The van der Waals surface area contributed by atoms with Crippen LogP contribution in [0.15, 0.2) is 36.4 Å². The molecular formula is C26H32N2O2. The van der Waals surface area contributed by atoms with Crippen LogP contribution in [0, 0.1) is 6.92 Å². The van der Waals surface area contributed by atoms with Gasteiger partial charge in [0.25, 0.3) is 0 Å². The lowest BCUT2D eigenvalue weighted by Crippen LogP contribution is -2.29. The number of hydrogen-bond acceptors (Lipinski definition) is 3. The van der Waals surface area contributed by atoms with Gasteiger partial charge in [-0.2, -0.15) is 0 Å². The normalized spacial score (nSPS) is 15.2. The van der Waals surface area contributed by atoms with Crippen molar-refractivity contribution < 1.29 is 9.90 Å². The first-order valence-electron chi connectivity index (χ1n) is 11.1. The van der Waals surface area contributed by atoms with E-state index >= 15 is 0 Å². The van der Waals surface area contributed by atoms with E-state index in [2.05, 4.69) is 47.6 Å². The molecule has 0 bridgehead atoms. The molecule has 1 fully saturated rings. The molecule has 0 amide bonds. The standard InChI is InChI=1S/C26H32N2O2/c1-17(2)20-8-10-21(11-9-20)28-18(3)25(19(4)29)26-22(24(30)13-12-23(26)28)16-27-14-6-5-7-15-27/h8-13,17,30H,5-7,14-16H2,1-4H3. The Kier molecular flexibility index (Phi) is 5.70. The lowest BCUT2D eigenvalue weighted by atomic mass is 10.00. The molecule has 4 heteroatoms. The molecule has 2 aromatic carbocycles. The van der Waals surface area contributed by atoms with E-state index in [0.717, 1.165) is 46.5 Å². The van der Waals surface area contributed by atoms with Gasteiger partial charge in [-0.25, -0.2) is 0 Å². The van der Waals surface area contributed by atoms with E-state index in [4.69, 9.17) is 0 Å². The van der Waals surface area contributed by atoms with E-state index in [1.807, 2.05) is 13.0 Å². The van der Waals surface area contributed by atoms with E-state index in [-0.39, 0.29) is 11.5 Å². The number of aromatic nitrogens is 1. The molecule has 158 valence electrons. The SMILES string of the molecule is CC(=O)c1c(C)n(-c2ccc(C(C)C)cc2)c2ccc(O)c(CN3CCCCC3)c12. The lowest BCUT2D eigenvalue weighted by molar-refractivity contribution is 0.101. The number of ketones is 1. The van der Waals surface area contributed by atoms with E-state index in [1.54, 1.807) is 13.0 Å². The second-order valence-corrected chi connectivity index (χ2v) is 8.89. The third-order valence-corrected chi connectivity index (χ3v) is 6.45. The van der Waals surface area contributed by atoms with Crippen LogP contribution in [0.1, 0.15) is 73.1 Å². The summed E-state index contributed by atoms with van der Waals surface area (Å²) in [5, 5.41) is 11.7. The Morgan fingerprint density at radius 2 is 1.70 bits per heavy atom. The van der Waals surface area contributed by atoms with Crippen molar-refractivity contribution in [2.45, 2.75) is 59.4 Å². The van der Waals surface area contributed by atoms with Crippen molar-refractivity contribution in [3.05, 3.63) is 58.8 Å². The van der Waals surface area contributed by atoms with Gasteiger partial charge in [-0.05, 0) is 75.5 Å². The van der Waals surface area contributed by atoms with Crippen LogP contribution in [-0.2, 0) is 6.54 Å². The van der Waals surface area contributed by atoms with Gasteiger partial charge >= 0.3 is 0 Å². The predicted octanol–water partition coefficient (Wildman–Crippen LogP) is 5.96. The van der Waals surface area contributed by atoms with Crippen molar-refractivity contribution in [3.8, 4) is 11.4 Å². The number of nitrogens with zero attached hydrogens (tertiary/aromatic N) is 2. The molecule has 2 heterocycles. The zero-order chi connectivity index (χ0) is 21.4. The zero-order valence-electron chi connectivity index (χ0n) is 18.5. The molecule has 30 heavy (non-hydrogen) atoms. The minimum absolute atomic E-state index is 0.0422. The minimum atomic E-state index is 0.0422. The van der Waals surface area contributed by atoms with E-state index in [9.17, 15) is 9.90 Å². The summed E-state index contributed by atoms with van der Waals surface area (Å²) in [5.74, 6) is 0.797. The van der Waals surface area contributed by atoms with Gasteiger partial charge in [-0.3, -0.25) is 9.69 Å². The van der Waals surface area contributed by atoms with Gasteiger partial charge in [0.05, 0.1) is 5.52 Å². The predicted molar refractivity (Wildman–Crippen MR) is 123 cm³/mol. The Morgan fingerprint density at radius 3 is 2.30 bits per heavy atom. The van der Waals surface area contributed by atoms with Crippen molar-refractivity contribution in [3.63, 3.8) is 0 Å². The third kappa shape index (κ3) is 3.65. The molecule has 1 saturated heterocycles. The van der Waals surface area contributed by atoms with Gasteiger partial charge in [-0.1, -0.05) is 32.4 Å². The van der Waals surface area contributed by atoms with Crippen LogP contribution in [0.3, 0.4) is 0 Å². The summed E-state index contributed by atoms with van der Waals surface area (Å²) in [6, 6.07) is 12.3. The van der Waals surface area contributed by atoms with E-state index in [0.29, 0.717) is 12.5 Å². The number of fused-ring (bicyclic) bond motifs is 1. The minimum Gasteiger partial charge on any atom is -0.508 e. The largest absolute Gasteiger partial charge is 0.508 e. The summed E-state index contributed by atoms with van der Waals surface area (Å²) in [6.45, 7) is 10.8. The number of phenolic OH excluding ortho intramolecular Hbond substituents is 1. The lowest BCUT2D eigenvalue weighted by Gasteiger charge is -2.27. The topological polar surface area (TPSA) is 45.5 Å². The maximum absolute atomic E-state index is 12.7. The maximum Gasteiger partial charge on any atom is 0.162 e. The Morgan fingerprint density at radius 1 is 1.03 bits per heavy atom. The smallest absolute Gasteiger partial charge is 0.162 e. The number of hydrogen-bond donors (Lipinski definition) is 1. The highest BCUT2D eigenvalue weighted by Gasteiger charge is 2.24. The molecule has 1 aromatic heterocycles. The number of aromatic hydroxyl groups is 1. The van der Waals surface area contributed by atoms with Gasteiger partial charge in [0.1, 0.15) is 5.75 Å². The molecule has 4 rings (SSSR count). The van der Waals surface area contributed by atoms with Gasteiger partial charge in [0.15, 0.2) is 5.78 Å². The second-order valence-electron chi connectivity index (χ2n) is 8.89. The van der Waals surface area contributed by atoms with Gasteiger partial charge in [-0.15, -0.1) is 0 Å². The number of likely N-dealkylation sites (tertiary alicyclic amines) is 1. The summed E-state index contributed by atoms with van der Waals surface area (Å²) >= 11 is 0. The van der Waals surface area contributed by atoms with E-state index < -0.39 is 0 Å². The average Bonchev–Trinajstić information content (AvgIpc) is 3.03. The first-order chi connectivity index (χ1) is 14.4. The average molecular weight is 405 g/mol. The van der Waals surface area contributed by atoms with Gasteiger partial charge in [0.2, 0.25) is 0 Å². The number of phenols is 1. The molecule has 0 saturated carbocycles. The first kappa shape index (κ1) is 20.7. The Bertz CT molecular complexity index is 1070. The zero-order valence-corrected chi connectivity index (χ0v) is 18.5. The molecule has 4 nitrogen and oxygen atoms in total. The number of carbonyl (C=O) groups excluding carboxylic acids is 1.